The molecule has 0 radical (unpaired) electrons. The Hall–Kier alpha value is -3.28. The van der Waals surface area contributed by atoms with Gasteiger partial charge in [0.2, 0.25) is 5.95 Å². The number of benzene rings is 2. The maximum absolute atomic E-state index is 13.7. The Balaban J connectivity index is 1.67. The molecule has 138 valence electrons. The number of aromatic nitrogens is 2. The summed E-state index contributed by atoms with van der Waals surface area (Å²) in [5.74, 6) is -0.0739. The Morgan fingerprint density at radius 1 is 1.07 bits per heavy atom. The average molecular weight is 364 g/mol. The van der Waals surface area contributed by atoms with Gasteiger partial charge in [-0.15, -0.1) is 0 Å². The van der Waals surface area contributed by atoms with E-state index in [1.807, 2.05) is 37.3 Å². The number of hydrogen-bond donors (Lipinski definition) is 1. The number of amides is 1. The minimum absolute atomic E-state index is 0.191. The topological polar surface area (TPSA) is 58.1 Å². The molecule has 1 amide bonds. The van der Waals surface area contributed by atoms with Crippen molar-refractivity contribution >= 4 is 17.5 Å². The summed E-state index contributed by atoms with van der Waals surface area (Å²) in [5, 5.41) is 3.05. The molecule has 27 heavy (non-hydrogen) atoms. The molecule has 1 N–H and O–H groups in total. The lowest BCUT2D eigenvalue weighted by Crippen LogP contribution is -2.31. The van der Waals surface area contributed by atoms with Gasteiger partial charge in [0, 0.05) is 25.0 Å². The van der Waals surface area contributed by atoms with Crippen molar-refractivity contribution in [3.05, 3.63) is 83.9 Å². The van der Waals surface area contributed by atoms with E-state index in [0.717, 1.165) is 5.69 Å². The van der Waals surface area contributed by atoms with Crippen molar-refractivity contribution in [2.45, 2.75) is 13.3 Å². The zero-order valence-corrected chi connectivity index (χ0v) is 15.1. The van der Waals surface area contributed by atoms with Gasteiger partial charge in [0.1, 0.15) is 11.5 Å². The Bertz CT molecular complexity index is 901. The highest BCUT2D eigenvalue weighted by molar-refractivity contribution is 6.04. The van der Waals surface area contributed by atoms with E-state index in [1.54, 1.807) is 35.4 Å². The van der Waals surface area contributed by atoms with E-state index in [4.69, 9.17) is 0 Å². The highest BCUT2D eigenvalue weighted by Gasteiger charge is 2.17. The van der Waals surface area contributed by atoms with Crippen LogP contribution in [0.1, 0.15) is 23.0 Å². The number of para-hydroxylation sites is 1. The second-order valence-corrected chi connectivity index (χ2v) is 5.92. The largest absolute Gasteiger partial charge is 0.354 e. The van der Waals surface area contributed by atoms with E-state index >= 15 is 0 Å². The van der Waals surface area contributed by atoms with Gasteiger partial charge >= 0.3 is 0 Å². The van der Waals surface area contributed by atoms with E-state index in [1.165, 1.54) is 6.07 Å². The van der Waals surface area contributed by atoms with E-state index in [0.29, 0.717) is 36.7 Å². The molecule has 6 heteroatoms. The number of anilines is 2. The molecule has 2 aromatic carbocycles. The maximum atomic E-state index is 13.7. The normalized spacial score (nSPS) is 10.4. The molecular formula is C21H21FN4O. The molecule has 5 nitrogen and oxygen atoms in total. The minimum atomic E-state index is -0.231. The Labute approximate surface area is 157 Å². The van der Waals surface area contributed by atoms with Gasteiger partial charge in [-0.05, 0) is 43.2 Å². The number of rotatable bonds is 7. The zero-order valence-electron chi connectivity index (χ0n) is 15.1. The van der Waals surface area contributed by atoms with Crippen LogP contribution in [0.15, 0.2) is 66.9 Å². The van der Waals surface area contributed by atoms with Crippen LogP contribution in [0.25, 0.3) is 0 Å². The van der Waals surface area contributed by atoms with Gasteiger partial charge in [0.15, 0.2) is 0 Å². The van der Waals surface area contributed by atoms with Crippen LogP contribution in [0.4, 0.5) is 16.0 Å². The van der Waals surface area contributed by atoms with Crippen molar-refractivity contribution in [2.24, 2.45) is 0 Å². The molecule has 1 heterocycles. The fourth-order valence-corrected chi connectivity index (χ4v) is 2.76. The molecule has 1 aromatic heterocycles. The molecule has 0 aliphatic carbocycles. The van der Waals surface area contributed by atoms with Gasteiger partial charge in [-0.1, -0.05) is 36.4 Å². The molecule has 0 bridgehead atoms. The molecule has 0 saturated carbocycles. The second-order valence-electron chi connectivity index (χ2n) is 5.92. The molecule has 0 unspecified atom stereocenters. The first-order chi connectivity index (χ1) is 13.2. The van der Waals surface area contributed by atoms with Crippen molar-refractivity contribution in [2.75, 3.05) is 23.3 Å². The third-order valence-corrected chi connectivity index (χ3v) is 4.14. The summed E-state index contributed by atoms with van der Waals surface area (Å²) in [6.45, 7) is 2.91. The molecule has 0 aliphatic heterocycles. The third kappa shape index (κ3) is 4.67. The number of nitrogens with one attached hydrogen (secondary N) is 1. The first kappa shape index (κ1) is 18.5. The highest BCUT2D eigenvalue weighted by atomic mass is 19.1. The summed E-state index contributed by atoms with van der Waals surface area (Å²) >= 11 is 0. The summed E-state index contributed by atoms with van der Waals surface area (Å²) in [7, 11) is 0. The SMILES string of the molecule is CCN(C(=O)c1ccnc(NCCc2ccccc2F)n1)c1ccccc1. The number of carbonyl (C=O) groups is 1. The lowest BCUT2D eigenvalue weighted by molar-refractivity contribution is 0.0983. The minimum Gasteiger partial charge on any atom is -0.354 e. The fraction of sp³-hybridized carbons (Fsp3) is 0.190. The molecular weight excluding hydrogens is 343 g/mol. The molecule has 0 aliphatic rings. The first-order valence-corrected chi connectivity index (χ1v) is 8.86. The van der Waals surface area contributed by atoms with Crippen molar-refractivity contribution in [1.29, 1.82) is 0 Å². The Morgan fingerprint density at radius 2 is 1.81 bits per heavy atom. The van der Waals surface area contributed by atoms with E-state index in [-0.39, 0.29) is 11.7 Å². The average Bonchev–Trinajstić information content (AvgIpc) is 2.71. The highest BCUT2D eigenvalue weighted by Crippen LogP contribution is 2.16. The zero-order chi connectivity index (χ0) is 19.1. The quantitative estimate of drug-likeness (QED) is 0.690. The predicted octanol–water partition coefficient (Wildman–Crippen LogP) is 3.94. The van der Waals surface area contributed by atoms with E-state index in [9.17, 15) is 9.18 Å². The molecule has 0 fully saturated rings. The summed E-state index contributed by atoms with van der Waals surface area (Å²) in [4.78, 5) is 22.9. The maximum Gasteiger partial charge on any atom is 0.277 e. The van der Waals surface area contributed by atoms with Crippen molar-refractivity contribution in [3.63, 3.8) is 0 Å². The van der Waals surface area contributed by atoms with Crippen LogP contribution < -0.4 is 10.2 Å². The monoisotopic (exact) mass is 364 g/mol. The van der Waals surface area contributed by atoms with Gasteiger partial charge in [-0.2, -0.15) is 0 Å². The lowest BCUT2D eigenvalue weighted by atomic mass is 10.1. The molecule has 0 saturated heterocycles. The van der Waals surface area contributed by atoms with Gasteiger partial charge < -0.3 is 10.2 Å². The summed E-state index contributed by atoms with van der Waals surface area (Å²) in [5.41, 5.74) is 1.75. The van der Waals surface area contributed by atoms with Crippen LogP contribution >= 0.6 is 0 Å². The number of hydrogen-bond acceptors (Lipinski definition) is 4. The van der Waals surface area contributed by atoms with Crippen LogP contribution in [0.3, 0.4) is 0 Å². The lowest BCUT2D eigenvalue weighted by Gasteiger charge is -2.20. The molecule has 3 aromatic rings. The first-order valence-electron chi connectivity index (χ1n) is 8.86. The van der Waals surface area contributed by atoms with Crippen molar-refractivity contribution in [3.8, 4) is 0 Å². The standard InChI is InChI=1S/C21H21FN4O/c1-2-26(17-9-4-3-5-10-17)20(27)19-13-15-24-21(25-19)23-14-12-16-8-6-7-11-18(16)22/h3-11,13,15H,2,12,14H2,1H3,(H,23,24,25). The van der Waals surface area contributed by atoms with Gasteiger partial charge in [0.05, 0.1) is 0 Å². The smallest absolute Gasteiger partial charge is 0.277 e. The molecule has 0 atom stereocenters. The van der Waals surface area contributed by atoms with Crippen molar-refractivity contribution < 1.29 is 9.18 Å². The van der Waals surface area contributed by atoms with Crippen LogP contribution in [0, 0.1) is 5.82 Å². The number of halogens is 1. The number of nitrogens with zero attached hydrogens (tertiary/aromatic N) is 3. The summed E-state index contributed by atoms with van der Waals surface area (Å²) in [6.07, 6.45) is 2.05. The Kier molecular flexibility index (Phi) is 6.10. The fourth-order valence-electron chi connectivity index (χ4n) is 2.76. The number of carbonyl (C=O) groups excluding carboxylic acids is 1. The van der Waals surface area contributed by atoms with Gasteiger partial charge in [0.25, 0.3) is 5.91 Å². The van der Waals surface area contributed by atoms with Crippen LogP contribution in [0.5, 0.6) is 0 Å². The predicted molar refractivity (Wildman–Crippen MR) is 104 cm³/mol. The molecule has 0 spiro atoms. The molecule has 3 rings (SSSR count). The van der Waals surface area contributed by atoms with E-state index < -0.39 is 0 Å². The van der Waals surface area contributed by atoms with Crippen LogP contribution in [0.2, 0.25) is 0 Å². The van der Waals surface area contributed by atoms with Crippen LogP contribution in [-0.4, -0.2) is 29.0 Å². The summed E-state index contributed by atoms with van der Waals surface area (Å²) in [6, 6.07) is 17.7. The Morgan fingerprint density at radius 3 is 2.56 bits per heavy atom. The van der Waals surface area contributed by atoms with Crippen molar-refractivity contribution in [1.82, 2.24) is 9.97 Å². The van der Waals surface area contributed by atoms with Gasteiger partial charge in [-0.25, -0.2) is 14.4 Å². The van der Waals surface area contributed by atoms with Crippen LogP contribution in [-0.2, 0) is 6.42 Å². The second kappa shape index (κ2) is 8.89. The van der Waals surface area contributed by atoms with Gasteiger partial charge in [-0.3, -0.25) is 4.79 Å². The van der Waals surface area contributed by atoms with E-state index in [2.05, 4.69) is 15.3 Å². The third-order valence-electron chi connectivity index (χ3n) is 4.14. The summed E-state index contributed by atoms with van der Waals surface area (Å²) < 4.78 is 13.7.